The van der Waals surface area contributed by atoms with Gasteiger partial charge in [-0.15, -0.1) is 5.73 Å². The molecule has 0 amide bonds. The monoisotopic (exact) mass is 402 g/mol. The number of carboxylic acids is 1. The van der Waals surface area contributed by atoms with Crippen LogP contribution in [0, 0.1) is 18.8 Å². The molecule has 0 heterocycles. The summed E-state index contributed by atoms with van der Waals surface area (Å²) in [6.45, 7) is 2.67. The summed E-state index contributed by atoms with van der Waals surface area (Å²) < 4.78 is 5.72. The standard InChI is InChI=1S/C23H30O6/c1-17-12-14-20(15-13-17)29-16-5-4-8-19-10-6-9-18(19)7-2-3-11-21(24)23(27,28)22(25)26/h2,4,8,11-15,18-19,21,24,27-28H,5-7,9-10,16H2,1H3,(H,25,26)/t3?,18-,19-,21?/m0/s1. The molecule has 1 fully saturated rings. The van der Waals surface area contributed by atoms with Gasteiger partial charge in [0.2, 0.25) is 0 Å². The van der Waals surface area contributed by atoms with Gasteiger partial charge in [0.25, 0.3) is 5.79 Å². The Morgan fingerprint density at radius 1 is 1.31 bits per heavy atom. The lowest BCUT2D eigenvalue weighted by atomic mass is 9.92. The zero-order valence-electron chi connectivity index (χ0n) is 16.7. The summed E-state index contributed by atoms with van der Waals surface area (Å²) >= 11 is 0. The van der Waals surface area contributed by atoms with Crippen LogP contribution in [-0.2, 0) is 4.79 Å². The lowest BCUT2D eigenvalue weighted by molar-refractivity contribution is -0.227. The predicted octanol–water partition coefficient (Wildman–Crippen LogP) is 2.96. The first-order valence-electron chi connectivity index (χ1n) is 9.94. The highest BCUT2D eigenvalue weighted by atomic mass is 16.6. The Morgan fingerprint density at radius 2 is 2.03 bits per heavy atom. The second-order valence-corrected chi connectivity index (χ2v) is 7.48. The molecule has 0 aliphatic heterocycles. The Kier molecular flexibility index (Phi) is 8.68. The fourth-order valence-electron chi connectivity index (χ4n) is 3.38. The van der Waals surface area contributed by atoms with E-state index in [1.807, 2.05) is 31.2 Å². The van der Waals surface area contributed by atoms with Gasteiger partial charge in [0, 0.05) is 0 Å². The Morgan fingerprint density at radius 3 is 2.72 bits per heavy atom. The number of ether oxygens (including phenoxy) is 1. The van der Waals surface area contributed by atoms with E-state index in [0.29, 0.717) is 18.4 Å². The summed E-state index contributed by atoms with van der Waals surface area (Å²) in [5, 5.41) is 36.6. The van der Waals surface area contributed by atoms with Crippen LogP contribution < -0.4 is 4.74 Å². The molecule has 0 spiro atoms. The normalized spacial score (nSPS) is 20.3. The molecule has 1 unspecified atom stereocenters. The summed E-state index contributed by atoms with van der Waals surface area (Å²) in [6.07, 6.45) is 10.0. The van der Waals surface area contributed by atoms with E-state index in [9.17, 15) is 20.1 Å². The number of benzene rings is 1. The Hall–Kier alpha value is -2.37. The lowest BCUT2D eigenvalue weighted by Crippen LogP contribution is -2.48. The molecule has 29 heavy (non-hydrogen) atoms. The van der Waals surface area contributed by atoms with Crippen LogP contribution in [-0.4, -0.2) is 44.9 Å². The van der Waals surface area contributed by atoms with E-state index < -0.39 is 17.9 Å². The van der Waals surface area contributed by atoms with Gasteiger partial charge in [-0.2, -0.15) is 0 Å². The van der Waals surface area contributed by atoms with Gasteiger partial charge in [0.1, 0.15) is 11.9 Å². The van der Waals surface area contributed by atoms with E-state index in [-0.39, 0.29) is 0 Å². The third kappa shape index (κ3) is 7.18. The van der Waals surface area contributed by atoms with Gasteiger partial charge in [-0.05, 0) is 68.7 Å². The number of aryl methyl sites for hydroxylation is 1. The summed E-state index contributed by atoms with van der Waals surface area (Å²) in [6, 6.07) is 7.99. The molecule has 3 atom stereocenters. The van der Waals surface area contributed by atoms with Crippen molar-refractivity contribution in [3.8, 4) is 5.75 Å². The van der Waals surface area contributed by atoms with E-state index in [2.05, 4.69) is 17.9 Å². The molecule has 0 bridgehead atoms. The van der Waals surface area contributed by atoms with Crippen molar-refractivity contribution in [1.29, 1.82) is 0 Å². The molecule has 0 aromatic heterocycles. The Bertz CT molecular complexity index is 743. The van der Waals surface area contributed by atoms with Crippen LogP contribution >= 0.6 is 0 Å². The SMILES string of the molecule is Cc1ccc(OCCC=C[C@H]2CCC[C@@H]2CC=C=CC(O)C(O)(O)C(=O)O)cc1. The molecule has 1 aromatic rings. The summed E-state index contributed by atoms with van der Waals surface area (Å²) in [5.41, 5.74) is 3.87. The number of hydrogen-bond donors (Lipinski definition) is 4. The molecule has 158 valence electrons. The molecular formula is C23H30O6. The highest BCUT2D eigenvalue weighted by Crippen LogP contribution is 2.35. The molecule has 6 heteroatoms. The van der Waals surface area contributed by atoms with E-state index in [1.54, 1.807) is 6.08 Å². The van der Waals surface area contributed by atoms with Gasteiger partial charge in [0.15, 0.2) is 0 Å². The number of aliphatic hydroxyl groups is 3. The van der Waals surface area contributed by atoms with Crippen molar-refractivity contribution >= 4 is 5.97 Å². The first-order chi connectivity index (χ1) is 13.8. The molecule has 1 aromatic carbocycles. The first-order valence-corrected chi connectivity index (χ1v) is 9.94. The van der Waals surface area contributed by atoms with Crippen molar-refractivity contribution in [1.82, 2.24) is 0 Å². The van der Waals surface area contributed by atoms with Gasteiger partial charge >= 0.3 is 5.97 Å². The van der Waals surface area contributed by atoms with Crippen LogP contribution in [0.5, 0.6) is 5.75 Å². The Labute approximate surface area is 171 Å². The molecule has 2 rings (SSSR count). The molecule has 0 radical (unpaired) electrons. The third-order valence-corrected chi connectivity index (χ3v) is 5.20. The van der Waals surface area contributed by atoms with Crippen LogP contribution in [0.25, 0.3) is 0 Å². The number of carbonyl (C=O) groups is 1. The molecule has 0 saturated heterocycles. The number of rotatable bonds is 10. The third-order valence-electron chi connectivity index (χ3n) is 5.20. The topological polar surface area (TPSA) is 107 Å². The van der Waals surface area contributed by atoms with E-state index in [1.165, 1.54) is 5.56 Å². The van der Waals surface area contributed by atoms with Crippen LogP contribution in [0.1, 0.15) is 37.7 Å². The van der Waals surface area contributed by atoms with E-state index in [0.717, 1.165) is 43.9 Å². The van der Waals surface area contributed by atoms with Crippen LogP contribution in [0.3, 0.4) is 0 Å². The number of carboxylic acid groups (broad SMARTS) is 1. The molecule has 1 aliphatic rings. The van der Waals surface area contributed by atoms with Gasteiger partial charge in [-0.1, -0.05) is 36.3 Å². The molecule has 6 nitrogen and oxygen atoms in total. The smallest absolute Gasteiger partial charge is 0.367 e. The average molecular weight is 402 g/mol. The fourth-order valence-corrected chi connectivity index (χ4v) is 3.38. The molecule has 1 aliphatic carbocycles. The Balaban J connectivity index is 1.76. The highest BCUT2D eigenvalue weighted by molar-refractivity contribution is 5.76. The minimum Gasteiger partial charge on any atom is -0.493 e. The minimum atomic E-state index is -3.21. The number of aliphatic carboxylic acids is 1. The average Bonchev–Trinajstić information content (AvgIpc) is 3.13. The molecule has 1 saturated carbocycles. The van der Waals surface area contributed by atoms with Gasteiger partial charge in [0.05, 0.1) is 6.61 Å². The van der Waals surface area contributed by atoms with Gasteiger partial charge in [-0.25, -0.2) is 4.79 Å². The molecular weight excluding hydrogens is 372 g/mol. The second-order valence-electron chi connectivity index (χ2n) is 7.48. The highest BCUT2D eigenvalue weighted by Gasteiger charge is 2.40. The maximum absolute atomic E-state index is 10.7. The van der Waals surface area contributed by atoms with Crippen molar-refractivity contribution in [3.63, 3.8) is 0 Å². The first kappa shape index (κ1) is 22.9. The maximum Gasteiger partial charge on any atom is 0.367 e. The van der Waals surface area contributed by atoms with E-state index in [4.69, 9.17) is 9.84 Å². The van der Waals surface area contributed by atoms with Gasteiger partial charge in [-0.3, -0.25) is 0 Å². The number of hydrogen-bond acceptors (Lipinski definition) is 5. The van der Waals surface area contributed by atoms with Crippen LogP contribution in [0.2, 0.25) is 0 Å². The van der Waals surface area contributed by atoms with Crippen molar-refractivity contribution in [2.24, 2.45) is 11.8 Å². The van der Waals surface area contributed by atoms with E-state index >= 15 is 0 Å². The quantitative estimate of drug-likeness (QED) is 0.207. The van der Waals surface area contributed by atoms with Crippen molar-refractivity contribution in [3.05, 3.63) is 59.9 Å². The van der Waals surface area contributed by atoms with Crippen LogP contribution in [0.4, 0.5) is 0 Å². The maximum atomic E-state index is 10.7. The fraction of sp³-hybridized carbons (Fsp3) is 0.478. The van der Waals surface area contributed by atoms with Crippen molar-refractivity contribution in [2.45, 2.75) is 50.9 Å². The number of allylic oxidation sites excluding steroid dienone is 1. The summed E-state index contributed by atoms with van der Waals surface area (Å²) in [7, 11) is 0. The largest absolute Gasteiger partial charge is 0.493 e. The zero-order chi connectivity index (χ0) is 21.3. The van der Waals surface area contributed by atoms with Crippen LogP contribution in [0.15, 0.2) is 54.3 Å². The summed E-state index contributed by atoms with van der Waals surface area (Å²) in [5.74, 6) is -3.32. The predicted molar refractivity (Wildman–Crippen MR) is 109 cm³/mol. The van der Waals surface area contributed by atoms with Gasteiger partial charge < -0.3 is 25.2 Å². The van der Waals surface area contributed by atoms with Crippen molar-refractivity contribution in [2.75, 3.05) is 6.61 Å². The summed E-state index contributed by atoms with van der Waals surface area (Å²) in [4.78, 5) is 10.7. The second kappa shape index (κ2) is 11.0. The van der Waals surface area contributed by atoms with Crippen molar-refractivity contribution < 1.29 is 30.0 Å². The number of aliphatic hydroxyl groups excluding tert-OH is 1. The lowest BCUT2D eigenvalue weighted by Gasteiger charge is -2.19. The minimum absolute atomic E-state index is 0.454. The molecule has 4 N–H and O–H groups in total. The zero-order valence-corrected chi connectivity index (χ0v) is 16.7.